The zero-order valence-corrected chi connectivity index (χ0v) is 17.4. The summed E-state index contributed by atoms with van der Waals surface area (Å²) in [5.74, 6) is 0.864. The summed E-state index contributed by atoms with van der Waals surface area (Å²) in [7, 11) is 0. The molecule has 2 aromatic rings. The van der Waals surface area contributed by atoms with Crippen molar-refractivity contribution in [2.24, 2.45) is 0 Å². The lowest BCUT2D eigenvalue weighted by atomic mass is 9.98. The molecule has 1 aliphatic rings. The van der Waals surface area contributed by atoms with Crippen LogP contribution in [0.3, 0.4) is 0 Å². The van der Waals surface area contributed by atoms with Gasteiger partial charge in [-0.05, 0) is 6.07 Å². The molecule has 1 fully saturated rings. The van der Waals surface area contributed by atoms with Crippen LogP contribution in [-0.2, 0) is 15.0 Å². The molecule has 2 aromatic heterocycles. The first-order valence-corrected chi connectivity index (χ1v) is 10.3. The standard InChI is InChI=1S/C19H26N6O2S/c1-19(2,3)17-22-23-18(28-17)21-15(26)7-8-16(27)25-12-10-24(11-13-25)14-6-4-5-9-20-14/h4-6,9H,7-8,10-13H2,1-3H3,(H,21,23,26)/p+1. The van der Waals surface area contributed by atoms with E-state index in [0.29, 0.717) is 18.2 Å². The maximum Gasteiger partial charge on any atom is 0.274 e. The highest BCUT2D eigenvalue weighted by molar-refractivity contribution is 7.15. The largest absolute Gasteiger partial charge is 0.335 e. The van der Waals surface area contributed by atoms with Crippen LogP contribution >= 0.6 is 11.3 Å². The number of anilines is 2. The maximum atomic E-state index is 12.4. The number of nitrogens with one attached hydrogen (secondary N) is 2. The summed E-state index contributed by atoms with van der Waals surface area (Å²) in [6.45, 7) is 9.02. The van der Waals surface area contributed by atoms with Crippen LogP contribution in [0.15, 0.2) is 24.4 Å². The molecule has 0 aromatic carbocycles. The van der Waals surface area contributed by atoms with Crippen LogP contribution in [0, 0.1) is 0 Å². The number of pyridine rings is 1. The van der Waals surface area contributed by atoms with Gasteiger partial charge in [-0.3, -0.25) is 14.5 Å². The molecule has 2 amide bonds. The van der Waals surface area contributed by atoms with Crippen molar-refractivity contribution in [1.82, 2.24) is 15.1 Å². The van der Waals surface area contributed by atoms with E-state index in [1.807, 2.05) is 50.1 Å². The van der Waals surface area contributed by atoms with Crippen molar-refractivity contribution < 1.29 is 14.6 Å². The molecular weight excluding hydrogens is 376 g/mol. The molecule has 0 aliphatic carbocycles. The molecule has 28 heavy (non-hydrogen) atoms. The quantitative estimate of drug-likeness (QED) is 0.821. The number of hydrogen-bond donors (Lipinski definition) is 1. The van der Waals surface area contributed by atoms with Gasteiger partial charge in [0.15, 0.2) is 0 Å². The number of H-pyrrole nitrogens is 1. The molecule has 8 nitrogen and oxygen atoms in total. The number of aromatic nitrogens is 3. The zero-order valence-electron chi connectivity index (χ0n) is 16.6. The fourth-order valence-corrected chi connectivity index (χ4v) is 3.73. The van der Waals surface area contributed by atoms with Crippen LogP contribution in [0.4, 0.5) is 10.9 Å². The van der Waals surface area contributed by atoms with Gasteiger partial charge in [0, 0.05) is 24.3 Å². The molecular formula is C19H27N6O2S+. The van der Waals surface area contributed by atoms with Gasteiger partial charge in [0.1, 0.15) is 18.1 Å². The Labute approximate surface area is 169 Å². The van der Waals surface area contributed by atoms with E-state index in [9.17, 15) is 9.59 Å². The van der Waals surface area contributed by atoms with Gasteiger partial charge in [0.2, 0.25) is 16.9 Å². The average molecular weight is 404 g/mol. The number of aromatic amines is 1. The van der Waals surface area contributed by atoms with Gasteiger partial charge >= 0.3 is 0 Å². The molecule has 1 saturated heterocycles. The molecule has 150 valence electrons. The molecule has 2 N–H and O–H groups in total. The van der Waals surface area contributed by atoms with Crippen LogP contribution in [0.1, 0.15) is 38.6 Å². The number of piperazine rings is 1. The fourth-order valence-electron chi connectivity index (χ4n) is 2.91. The van der Waals surface area contributed by atoms with Crippen molar-refractivity contribution in [2.75, 3.05) is 36.4 Å². The van der Waals surface area contributed by atoms with E-state index in [-0.39, 0.29) is 30.1 Å². The first-order chi connectivity index (χ1) is 13.3. The van der Waals surface area contributed by atoms with Gasteiger partial charge in [-0.1, -0.05) is 38.2 Å². The highest BCUT2D eigenvalue weighted by Gasteiger charge is 2.26. The monoisotopic (exact) mass is 403 g/mol. The van der Waals surface area contributed by atoms with E-state index in [0.717, 1.165) is 23.9 Å². The summed E-state index contributed by atoms with van der Waals surface area (Å²) in [6, 6.07) is 5.96. The van der Waals surface area contributed by atoms with Crippen molar-refractivity contribution in [1.29, 1.82) is 0 Å². The Morgan fingerprint density at radius 1 is 1.14 bits per heavy atom. The topological polar surface area (TPSA) is 92.6 Å². The van der Waals surface area contributed by atoms with E-state index in [1.165, 1.54) is 11.3 Å². The molecule has 3 rings (SSSR count). The van der Waals surface area contributed by atoms with Crippen molar-refractivity contribution in [2.45, 2.75) is 39.0 Å². The molecule has 9 heteroatoms. The Hall–Kier alpha value is -2.55. The Kier molecular flexibility index (Phi) is 6.23. The Morgan fingerprint density at radius 2 is 1.89 bits per heavy atom. The average Bonchev–Trinajstić information content (AvgIpc) is 3.16. The Balaban J connectivity index is 1.42. The molecule has 0 bridgehead atoms. The van der Waals surface area contributed by atoms with E-state index in [4.69, 9.17) is 0 Å². The van der Waals surface area contributed by atoms with Crippen LogP contribution < -0.4 is 15.2 Å². The number of rotatable bonds is 5. The lowest BCUT2D eigenvalue weighted by Crippen LogP contribution is -2.50. The summed E-state index contributed by atoms with van der Waals surface area (Å²) in [4.78, 5) is 31.8. The second-order valence-electron chi connectivity index (χ2n) is 7.83. The predicted molar refractivity (Wildman–Crippen MR) is 108 cm³/mol. The van der Waals surface area contributed by atoms with E-state index < -0.39 is 0 Å². The number of carbonyl (C=O) groups excluding carboxylic acids is 2. The van der Waals surface area contributed by atoms with Crippen LogP contribution in [0.5, 0.6) is 0 Å². The molecule has 0 atom stereocenters. The highest BCUT2D eigenvalue weighted by atomic mass is 32.1. The molecule has 1 aliphatic heterocycles. The predicted octanol–water partition coefficient (Wildman–Crippen LogP) is 1.72. The lowest BCUT2D eigenvalue weighted by Gasteiger charge is -2.31. The highest BCUT2D eigenvalue weighted by Crippen LogP contribution is 2.27. The minimum absolute atomic E-state index is 0.0134. The number of hydrogen-bond acceptors (Lipinski definition) is 6. The second kappa shape index (κ2) is 8.64. The molecule has 0 spiro atoms. The summed E-state index contributed by atoms with van der Waals surface area (Å²) in [6.07, 6.45) is 2.25. The first-order valence-electron chi connectivity index (χ1n) is 9.46. The van der Waals surface area contributed by atoms with Crippen LogP contribution in [0.25, 0.3) is 0 Å². The van der Waals surface area contributed by atoms with Gasteiger partial charge in [-0.2, -0.15) is 0 Å². The van der Waals surface area contributed by atoms with Crippen molar-refractivity contribution in [3.63, 3.8) is 0 Å². The summed E-state index contributed by atoms with van der Waals surface area (Å²) >= 11 is 1.37. The second-order valence-corrected chi connectivity index (χ2v) is 8.80. The molecule has 0 saturated carbocycles. The lowest BCUT2D eigenvalue weighted by molar-refractivity contribution is -0.364. The van der Waals surface area contributed by atoms with Gasteiger partial charge in [-0.25, -0.2) is 4.98 Å². The van der Waals surface area contributed by atoms with Crippen molar-refractivity contribution >= 4 is 34.1 Å². The van der Waals surface area contributed by atoms with Gasteiger partial charge < -0.3 is 10.2 Å². The third kappa shape index (κ3) is 5.25. The normalized spacial score (nSPS) is 14.8. The van der Waals surface area contributed by atoms with Crippen molar-refractivity contribution in [3.8, 4) is 0 Å². The summed E-state index contributed by atoms with van der Waals surface area (Å²) in [5, 5.41) is 12.2. The number of nitrogens with zero attached hydrogens (tertiary/aromatic N) is 4. The molecule has 3 heterocycles. The smallest absolute Gasteiger partial charge is 0.274 e. The molecule has 0 radical (unpaired) electrons. The van der Waals surface area contributed by atoms with Crippen LogP contribution in [0.2, 0.25) is 0 Å². The first kappa shape index (κ1) is 20.2. The minimum atomic E-state index is -0.206. The summed E-state index contributed by atoms with van der Waals surface area (Å²) < 4.78 is 0. The van der Waals surface area contributed by atoms with E-state index in [2.05, 4.69) is 25.4 Å². The fraction of sp³-hybridized carbons (Fsp3) is 0.526. The maximum absolute atomic E-state index is 12.4. The van der Waals surface area contributed by atoms with Gasteiger partial charge in [0.05, 0.1) is 19.3 Å². The summed E-state index contributed by atoms with van der Waals surface area (Å²) in [5.41, 5.74) is -0.101. The zero-order chi connectivity index (χ0) is 20.1. The Bertz CT molecular complexity index is 809. The minimum Gasteiger partial charge on any atom is -0.335 e. The Morgan fingerprint density at radius 3 is 2.50 bits per heavy atom. The molecule has 0 unspecified atom stereocenters. The van der Waals surface area contributed by atoms with E-state index in [1.54, 1.807) is 0 Å². The SMILES string of the molecule is CC(C)(C)c1nnc(NC(=O)CCC(=O)N2CCN(c3cccc[nH+]3)CC2)s1. The van der Waals surface area contributed by atoms with Gasteiger partial charge in [-0.15, -0.1) is 10.2 Å². The number of carbonyl (C=O) groups is 2. The van der Waals surface area contributed by atoms with E-state index >= 15 is 0 Å². The van der Waals surface area contributed by atoms with Crippen molar-refractivity contribution in [3.05, 3.63) is 29.4 Å². The van der Waals surface area contributed by atoms with Gasteiger partial charge in [0.25, 0.3) is 5.82 Å². The third-order valence-corrected chi connectivity index (χ3v) is 5.81. The number of amides is 2. The van der Waals surface area contributed by atoms with Crippen LogP contribution in [-0.4, -0.2) is 53.1 Å². The third-order valence-electron chi connectivity index (χ3n) is 4.54.